The van der Waals surface area contributed by atoms with Crippen LogP contribution >= 0.6 is 22.6 Å². The zero-order valence-electron chi connectivity index (χ0n) is 12.6. The molecule has 1 fully saturated rings. The van der Waals surface area contributed by atoms with Gasteiger partial charge in [0.1, 0.15) is 0 Å². The van der Waals surface area contributed by atoms with Gasteiger partial charge in [0.05, 0.1) is 19.8 Å². The summed E-state index contributed by atoms with van der Waals surface area (Å²) in [4.78, 5) is 14.6. The lowest BCUT2D eigenvalue weighted by Crippen LogP contribution is -2.34. The van der Waals surface area contributed by atoms with E-state index in [9.17, 15) is 4.79 Å². The highest BCUT2D eigenvalue weighted by atomic mass is 127. The number of halogens is 1. The quantitative estimate of drug-likeness (QED) is 0.708. The number of carbonyl (C=O) groups is 1. The van der Waals surface area contributed by atoms with Crippen LogP contribution in [0.3, 0.4) is 0 Å². The molecular formula is C15H21IN2O3. The molecule has 1 aliphatic carbocycles. The maximum absolute atomic E-state index is 12.3. The van der Waals surface area contributed by atoms with Gasteiger partial charge in [-0.2, -0.15) is 0 Å². The Labute approximate surface area is 139 Å². The second kappa shape index (κ2) is 7.31. The van der Waals surface area contributed by atoms with Gasteiger partial charge in [0.2, 0.25) is 0 Å². The van der Waals surface area contributed by atoms with Crippen molar-refractivity contribution in [3.8, 4) is 11.5 Å². The number of carbonyl (C=O) groups excluding carboxylic acids is 1. The second-order valence-corrected chi connectivity index (χ2v) is 6.32. The Morgan fingerprint density at radius 3 is 2.52 bits per heavy atom. The lowest BCUT2D eigenvalue weighted by atomic mass is 10.2. The molecule has 116 valence electrons. The van der Waals surface area contributed by atoms with Crippen molar-refractivity contribution < 1.29 is 14.3 Å². The number of methoxy groups -OCH3 is 2. The van der Waals surface area contributed by atoms with Gasteiger partial charge in [-0.05, 0) is 54.6 Å². The van der Waals surface area contributed by atoms with Crippen molar-refractivity contribution in [1.82, 2.24) is 10.2 Å². The van der Waals surface area contributed by atoms with Crippen LogP contribution in [0, 0.1) is 3.57 Å². The molecule has 1 N–H and O–H groups in total. The predicted octanol–water partition coefficient (Wildman–Crippen LogP) is 2.13. The van der Waals surface area contributed by atoms with Crippen LogP contribution in [-0.2, 0) is 0 Å². The molecular weight excluding hydrogens is 383 g/mol. The summed E-state index contributed by atoms with van der Waals surface area (Å²) in [5.74, 6) is 1.12. The van der Waals surface area contributed by atoms with Gasteiger partial charge in [-0.25, -0.2) is 0 Å². The van der Waals surface area contributed by atoms with Crippen molar-refractivity contribution in [2.24, 2.45) is 0 Å². The summed E-state index contributed by atoms with van der Waals surface area (Å²) >= 11 is 2.14. The third kappa shape index (κ3) is 4.23. The molecule has 1 amide bonds. The highest BCUT2D eigenvalue weighted by molar-refractivity contribution is 14.1. The fraction of sp³-hybridized carbons (Fsp3) is 0.533. The zero-order valence-corrected chi connectivity index (χ0v) is 14.8. The highest BCUT2D eigenvalue weighted by Gasteiger charge is 2.25. The summed E-state index contributed by atoms with van der Waals surface area (Å²) in [5, 5.41) is 2.96. The first-order valence-corrected chi connectivity index (χ1v) is 8.04. The van der Waals surface area contributed by atoms with Gasteiger partial charge in [-0.15, -0.1) is 0 Å². The summed E-state index contributed by atoms with van der Waals surface area (Å²) in [5.41, 5.74) is 0.613. The average molecular weight is 404 g/mol. The molecule has 1 aromatic carbocycles. The molecule has 0 saturated heterocycles. The first-order valence-electron chi connectivity index (χ1n) is 6.96. The summed E-state index contributed by atoms with van der Waals surface area (Å²) in [6.07, 6.45) is 2.55. The Morgan fingerprint density at radius 2 is 1.95 bits per heavy atom. The van der Waals surface area contributed by atoms with Gasteiger partial charge >= 0.3 is 0 Å². The molecule has 0 aromatic heterocycles. The van der Waals surface area contributed by atoms with E-state index < -0.39 is 0 Å². The van der Waals surface area contributed by atoms with Crippen molar-refractivity contribution in [2.75, 3.05) is 34.4 Å². The average Bonchev–Trinajstić information content (AvgIpc) is 3.31. The number of hydrogen-bond acceptors (Lipinski definition) is 4. The molecule has 0 spiro atoms. The molecule has 1 aromatic rings. The molecule has 21 heavy (non-hydrogen) atoms. The lowest BCUT2D eigenvalue weighted by molar-refractivity contribution is 0.0948. The smallest absolute Gasteiger partial charge is 0.252 e. The Balaban J connectivity index is 1.97. The number of nitrogens with zero attached hydrogens (tertiary/aromatic N) is 1. The van der Waals surface area contributed by atoms with Gasteiger partial charge in [-0.3, -0.25) is 4.79 Å². The van der Waals surface area contributed by atoms with E-state index in [0.717, 1.165) is 10.1 Å². The maximum Gasteiger partial charge on any atom is 0.252 e. The molecule has 2 rings (SSSR count). The van der Waals surface area contributed by atoms with Crippen molar-refractivity contribution >= 4 is 28.5 Å². The second-order valence-electron chi connectivity index (χ2n) is 5.15. The molecule has 6 heteroatoms. The zero-order chi connectivity index (χ0) is 15.4. The summed E-state index contributed by atoms with van der Waals surface area (Å²) in [6, 6.07) is 4.24. The van der Waals surface area contributed by atoms with Crippen LogP contribution in [0.1, 0.15) is 23.2 Å². The van der Waals surface area contributed by atoms with Crippen molar-refractivity contribution in [1.29, 1.82) is 0 Å². The summed E-state index contributed by atoms with van der Waals surface area (Å²) < 4.78 is 11.3. The Hall–Kier alpha value is -1.02. The molecule has 1 saturated carbocycles. The molecule has 0 bridgehead atoms. The van der Waals surface area contributed by atoms with E-state index in [-0.39, 0.29) is 5.91 Å². The van der Waals surface area contributed by atoms with Gasteiger partial charge in [0.15, 0.2) is 11.5 Å². The molecule has 0 radical (unpaired) electrons. The molecule has 0 unspecified atom stereocenters. The molecule has 5 nitrogen and oxygen atoms in total. The van der Waals surface area contributed by atoms with Gasteiger partial charge in [0, 0.05) is 22.7 Å². The maximum atomic E-state index is 12.3. The van der Waals surface area contributed by atoms with Crippen molar-refractivity contribution in [3.63, 3.8) is 0 Å². The van der Waals surface area contributed by atoms with Crippen molar-refractivity contribution in [3.05, 3.63) is 21.3 Å². The normalized spacial score (nSPS) is 14.1. The lowest BCUT2D eigenvalue weighted by Gasteiger charge is -2.16. The first-order chi connectivity index (χ1) is 10.1. The molecule has 0 aliphatic heterocycles. The highest BCUT2D eigenvalue weighted by Crippen LogP contribution is 2.31. The van der Waals surface area contributed by atoms with Crippen LogP contribution in [0.5, 0.6) is 11.5 Å². The third-order valence-corrected chi connectivity index (χ3v) is 4.53. The fourth-order valence-corrected chi connectivity index (χ4v) is 2.85. The summed E-state index contributed by atoms with van der Waals surface area (Å²) in [7, 11) is 5.25. The van der Waals surface area contributed by atoms with E-state index in [1.165, 1.54) is 12.8 Å². The Morgan fingerprint density at radius 1 is 1.33 bits per heavy atom. The number of ether oxygens (including phenoxy) is 2. The summed E-state index contributed by atoms with van der Waals surface area (Å²) in [6.45, 7) is 1.52. The van der Waals surface area contributed by atoms with Crippen LogP contribution in [0.25, 0.3) is 0 Å². The number of rotatable bonds is 7. The molecule has 0 heterocycles. The number of likely N-dealkylation sites (N-methyl/N-ethyl adjacent to an activating group) is 1. The van der Waals surface area contributed by atoms with E-state index in [2.05, 4.69) is 39.9 Å². The SMILES string of the molecule is COc1cc(I)c(C(=O)NCCN(C)C2CC2)cc1OC. The Bertz CT molecular complexity index is 518. The minimum Gasteiger partial charge on any atom is -0.493 e. The van der Waals surface area contributed by atoms with Crippen LogP contribution in [0.4, 0.5) is 0 Å². The monoisotopic (exact) mass is 404 g/mol. The Kier molecular flexibility index (Phi) is 5.69. The van der Waals surface area contributed by atoms with E-state index in [1.807, 2.05) is 6.07 Å². The van der Waals surface area contributed by atoms with E-state index in [0.29, 0.717) is 29.6 Å². The van der Waals surface area contributed by atoms with Gasteiger partial charge in [-0.1, -0.05) is 0 Å². The van der Waals surface area contributed by atoms with E-state index >= 15 is 0 Å². The predicted molar refractivity (Wildman–Crippen MR) is 90.2 cm³/mol. The van der Waals surface area contributed by atoms with Crippen LogP contribution < -0.4 is 14.8 Å². The van der Waals surface area contributed by atoms with Gasteiger partial charge in [0.25, 0.3) is 5.91 Å². The first kappa shape index (κ1) is 16.4. The number of amides is 1. The fourth-order valence-electron chi connectivity index (χ4n) is 2.17. The number of nitrogens with one attached hydrogen (secondary N) is 1. The van der Waals surface area contributed by atoms with Crippen LogP contribution in [-0.4, -0.2) is 51.2 Å². The molecule has 0 atom stereocenters. The minimum atomic E-state index is -0.0791. The van der Waals surface area contributed by atoms with E-state index in [1.54, 1.807) is 20.3 Å². The third-order valence-electron chi connectivity index (χ3n) is 3.64. The minimum absolute atomic E-state index is 0.0791. The topological polar surface area (TPSA) is 50.8 Å². The van der Waals surface area contributed by atoms with Crippen molar-refractivity contribution in [2.45, 2.75) is 18.9 Å². The van der Waals surface area contributed by atoms with E-state index in [4.69, 9.17) is 9.47 Å². The van der Waals surface area contributed by atoms with Crippen LogP contribution in [0.15, 0.2) is 12.1 Å². The molecule has 1 aliphatic rings. The van der Waals surface area contributed by atoms with Crippen LogP contribution in [0.2, 0.25) is 0 Å². The van der Waals surface area contributed by atoms with Gasteiger partial charge < -0.3 is 19.7 Å². The largest absolute Gasteiger partial charge is 0.493 e. The standard InChI is InChI=1S/C15H21IN2O3/c1-18(10-4-5-10)7-6-17-15(19)11-8-13(20-2)14(21-3)9-12(11)16/h8-10H,4-7H2,1-3H3,(H,17,19). The number of hydrogen-bond donors (Lipinski definition) is 1. The number of benzene rings is 1.